The van der Waals surface area contributed by atoms with E-state index in [1.807, 2.05) is 18.2 Å². The molecule has 0 fully saturated rings. The minimum absolute atomic E-state index is 0.837. The summed E-state index contributed by atoms with van der Waals surface area (Å²) in [4.78, 5) is 1.25. The predicted molar refractivity (Wildman–Crippen MR) is 97.2 cm³/mol. The number of hydrogen-bond acceptors (Lipinski definition) is 2. The molecule has 0 aliphatic rings. The molecule has 0 aromatic heterocycles. The van der Waals surface area contributed by atoms with Crippen molar-refractivity contribution < 1.29 is 0 Å². The molecule has 0 spiro atoms. The maximum absolute atomic E-state index is 6.19. The largest absolute Gasteiger partial charge is 0.313 e. The zero-order valence-corrected chi connectivity index (χ0v) is 15.2. The Morgan fingerprint density at radius 3 is 2.67 bits per heavy atom. The second-order valence-electron chi connectivity index (χ2n) is 4.81. The molecule has 0 amide bonds. The third-order valence-electron chi connectivity index (χ3n) is 3.12. The van der Waals surface area contributed by atoms with Gasteiger partial charge in [-0.25, -0.2) is 0 Å². The molecule has 2 rings (SSSR count). The van der Waals surface area contributed by atoms with E-state index in [0.29, 0.717) is 0 Å². The minimum Gasteiger partial charge on any atom is -0.313 e. The highest BCUT2D eigenvalue weighted by atomic mass is 79.9. The molecule has 0 saturated heterocycles. The van der Waals surface area contributed by atoms with Crippen molar-refractivity contribution in [2.45, 2.75) is 30.5 Å². The van der Waals surface area contributed by atoms with Crippen LogP contribution in [-0.4, -0.2) is 6.54 Å². The van der Waals surface area contributed by atoms with Crippen LogP contribution in [0.1, 0.15) is 24.5 Å². The van der Waals surface area contributed by atoms with Crippen LogP contribution in [-0.2, 0) is 12.3 Å². The van der Waals surface area contributed by atoms with Gasteiger partial charge in [-0.3, -0.25) is 0 Å². The predicted octanol–water partition coefficient (Wildman–Crippen LogP) is 5.89. The van der Waals surface area contributed by atoms with Gasteiger partial charge in [0.25, 0.3) is 0 Å². The molecule has 1 nitrogen and oxygen atoms in total. The lowest BCUT2D eigenvalue weighted by Crippen LogP contribution is -2.14. The highest BCUT2D eigenvalue weighted by molar-refractivity contribution is 9.10. The van der Waals surface area contributed by atoms with Gasteiger partial charge in [-0.2, -0.15) is 0 Å². The molecule has 0 atom stereocenters. The van der Waals surface area contributed by atoms with Gasteiger partial charge in [-0.1, -0.05) is 58.7 Å². The Kier molecular flexibility index (Phi) is 7.11. The Balaban J connectivity index is 1.95. The summed E-state index contributed by atoms with van der Waals surface area (Å²) in [6, 6.07) is 14.6. The summed E-state index contributed by atoms with van der Waals surface area (Å²) >= 11 is 11.7. The van der Waals surface area contributed by atoms with E-state index in [0.717, 1.165) is 34.8 Å². The Bertz CT molecular complexity index is 589. The van der Waals surface area contributed by atoms with Gasteiger partial charge in [0.1, 0.15) is 0 Å². The fourth-order valence-electron chi connectivity index (χ4n) is 1.94. The Morgan fingerprint density at radius 1 is 1.14 bits per heavy atom. The fraction of sp³-hybridized carbons (Fsp3) is 0.294. The first-order valence-corrected chi connectivity index (χ1v) is 9.21. The summed E-state index contributed by atoms with van der Waals surface area (Å²) in [7, 11) is 0. The zero-order chi connectivity index (χ0) is 15.1. The fourth-order valence-corrected chi connectivity index (χ4v) is 3.83. The van der Waals surface area contributed by atoms with Crippen LogP contribution in [0.2, 0.25) is 5.02 Å². The van der Waals surface area contributed by atoms with Crippen molar-refractivity contribution in [3.05, 3.63) is 63.1 Å². The number of hydrogen-bond donors (Lipinski definition) is 1. The van der Waals surface area contributed by atoms with Crippen molar-refractivity contribution in [2.75, 3.05) is 6.54 Å². The van der Waals surface area contributed by atoms with Crippen molar-refractivity contribution in [1.82, 2.24) is 5.32 Å². The quantitative estimate of drug-likeness (QED) is 0.471. The average molecular weight is 385 g/mol. The summed E-state index contributed by atoms with van der Waals surface area (Å²) in [5.74, 6) is 0.888. The van der Waals surface area contributed by atoms with Crippen LogP contribution in [0, 0.1) is 0 Å². The number of thioether (sulfide) groups is 1. The third-order valence-corrected chi connectivity index (χ3v) is 5.27. The van der Waals surface area contributed by atoms with E-state index in [1.165, 1.54) is 16.0 Å². The molecule has 1 N–H and O–H groups in total. The number of rotatable bonds is 7. The highest BCUT2D eigenvalue weighted by Crippen LogP contribution is 2.29. The van der Waals surface area contributed by atoms with Gasteiger partial charge in [0, 0.05) is 26.7 Å². The lowest BCUT2D eigenvalue weighted by Gasteiger charge is -2.09. The first-order chi connectivity index (χ1) is 10.2. The molecule has 2 aromatic carbocycles. The van der Waals surface area contributed by atoms with Gasteiger partial charge < -0.3 is 5.32 Å². The SMILES string of the molecule is CCCNCc1ccc(SCc2ccccc2Cl)cc1Br. The molecule has 0 radical (unpaired) electrons. The van der Waals surface area contributed by atoms with Crippen LogP contribution in [0.15, 0.2) is 51.8 Å². The molecule has 2 aromatic rings. The van der Waals surface area contributed by atoms with Crippen LogP contribution in [0.3, 0.4) is 0 Å². The summed E-state index contributed by atoms with van der Waals surface area (Å²) < 4.78 is 1.16. The molecule has 112 valence electrons. The van der Waals surface area contributed by atoms with Gasteiger partial charge in [-0.05, 0) is 42.3 Å². The van der Waals surface area contributed by atoms with E-state index < -0.39 is 0 Å². The van der Waals surface area contributed by atoms with Gasteiger partial charge >= 0.3 is 0 Å². The summed E-state index contributed by atoms with van der Waals surface area (Å²) in [5, 5.41) is 4.26. The van der Waals surface area contributed by atoms with Crippen LogP contribution >= 0.6 is 39.3 Å². The molecule has 21 heavy (non-hydrogen) atoms. The normalized spacial score (nSPS) is 10.8. The van der Waals surface area contributed by atoms with E-state index in [4.69, 9.17) is 11.6 Å². The smallest absolute Gasteiger partial charge is 0.0446 e. The summed E-state index contributed by atoms with van der Waals surface area (Å²) in [5.41, 5.74) is 2.47. The lowest BCUT2D eigenvalue weighted by atomic mass is 10.2. The van der Waals surface area contributed by atoms with Crippen LogP contribution in [0.25, 0.3) is 0 Å². The molecule has 0 aliphatic heterocycles. The molecule has 0 bridgehead atoms. The van der Waals surface area contributed by atoms with E-state index in [2.05, 4.69) is 52.4 Å². The van der Waals surface area contributed by atoms with Gasteiger partial charge in [0.2, 0.25) is 0 Å². The van der Waals surface area contributed by atoms with Gasteiger partial charge in [-0.15, -0.1) is 11.8 Å². The zero-order valence-electron chi connectivity index (χ0n) is 12.0. The lowest BCUT2D eigenvalue weighted by molar-refractivity contribution is 0.673. The van der Waals surface area contributed by atoms with Crippen molar-refractivity contribution in [1.29, 1.82) is 0 Å². The van der Waals surface area contributed by atoms with Crippen LogP contribution < -0.4 is 5.32 Å². The highest BCUT2D eigenvalue weighted by Gasteiger charge is 2.04. The number of nitrogens with one attached hydrogen (secondary N) is 1. The summed E-state index contributed by atoms with van der Waals surface area (Å²) in [6.07, 6.45) is 1.16. The van der Waals surface area contributed by atoms with E-state index in [1.54, 1.807) is 11.8 Å². The first-order valence-electron chi connectivity index (χ1n) is 7.06. The van der Waals surface area contributed by atoms with E-state index in [9.17, 15) is 0 Å². The number of halogens is 2. The van der Waals surface area contributed by atoms with E-state index >= 15 is 0 Å². The Labute approximate surface area is 144 Å². The average Bonchev–Trinajstić information content (AvgIpc) is 2.49. The standard InChI is InChI=1S/C17H19BrClNS/c1-2-9-20-11-13-7-8-15(10-16(13)18)21-12-14-5-3-4-6-17(14)19/h3-8,10,20H,2,9,11-12H2,1H3. The first kappa shape index (κ1) is 16.9. The summed E-state index contributed by atoms with van der Waals surface area (Å²) in [6.45, 7) is 4.13. The van der Waals surface area contributed by atoms with Crippen LogP contribution in [0.5, 0.6) is 0 Å². The minimum atomic E-state index is 0.837. The maximum atomic E-state index is 6.19. The van der Waals surface area contributed by atoms with Crippen molar-refractivity contribution >= 4 is 39.3 Å². The monoisotopic (exact) mass is 383 g/mol. The van der Waals surface area contributed by atoms with Crippen molar-refractivity contribution in [3.8, 4) is 0 Å². The molecule has 0 saturated carbocycles. The van der Waals surface area contributed by atoms with E-state index in [-0.39, 0.29) is 0 Å². The van der Waals surface area contributed by atoms with Gasteiger partial charge in [0.15, 0.2) is 0 Å². The van der Waals surface area contributed by atoms with Crippen LogP contribution in [0.4, 0.5) is 0 Å². The molecule has 0 aliphatic carbocycles. The molecule has 4 heteroatoms. The third kappa shape index (κ3) is 5.33. The number of benzene rings is 2. The second kappa shape index (κ2) is 8.84. The maximum Gasteiger partial charge on any atom is 0.0446 e. The molecular formula is C17H19BrClNS. The van der Waals surface area contributed by atoms with Crippen molar-refractivity contribution in [2.24, 2.45) is 0 Å². The second-order valence-corrected chi connectivity index (χ2v) is 7.12. The molecule has 0 unspecified atom stereocenters. The topological polar surface area (TPSA) is 12.0 Å². The molecular weight excluding hydrogens is 366 g/mol. The Morgan fingerprint density at radius 2 is 1.95 bits per heavy atom. The molecule has 0 heterocycles. The van der Waals surface area contributed by atoms with Gasteiger partial charge in [0.05, 0.1) is 0 Å². The Hall–Kier alpha value is -0.480. The van der Waals surface area contributed by atoms with Crippen molar-refractivity contribution in [3.63, 3.8) is 0 Å².